The lowest BCUT2D eigenvalue weighted by Crippen LogP contribution is -1.92. The van der Waals surface area contributed by atoms with Crippen molar-refractivity contribution in [2.24, 2.45) is 0 Å². The molecule has 74 valence electrons. The SMILES string of the molecule is N#CCC=Cc1[nH]nc2ncnc(N)c12. The zero-order valence-electron chi connectivity index (χ0n) is 7.81. The van der Waals surface area contributed by atoms with Crippen LogP contribution in [0.4, 0.5) is 5.82 Å². The Hall–Kier alpha value is -2.42. The summed E-state index contributed by atoms with van der Waals surface area (Å²) < 4.78 is 0. The second-order valence-corrected chi connectivity index (χ2v) is 2.86. The van der Waals surface area contributed by atoms with Gasteiger partial charge in [0.2, 0.25) is 0 Å². The van der Waals surface area contributed by atoms with E-state index >= 15 is 0 Å². The van der Waals surface area contributed by atoms with Crippen LogP contribution in [0.1, 0.15) is 12.1 Å². The van der Waals surface area contributed by atoms with E-state index in [4.69, 9.17) is 11.0 Å². The predicted octanol–water partition coefficient (Wildman–Crippen LogP) is 0.862. The molecule has 0 fully saturated rings. The van der Waals surface area contributed by atoms with Gasteiger partial charge in [-0.3, -0.25) is 5.10 Å². The fourth-order valence-electron chi connectivity index (χ4n) is 1.25. The molecule has 0 atom stereocenters. The van der Waals surface area contributed by atoms with Crippen molar-refractivity contribution in [3.63, 3.8) is 0 Å². The first-order valence-electron chi connectivity index (χ1n) is 4.31. The number of hydrogen-bond acceptors (Lipinski definition) is 5. The average Bonchev–Trinajstić information content (AvgIpc) is 2.63. The van der Waals surface area contributed by atoms with Crippen LogP contribution in [0, 0.1) is 11.3 Å². The van der Waals surface area contributed by atoms with Crippen molar-refractivity contribution in [2.45, 2.75) is 6.42 Å². The standard InChI is InChI=1S/C9H8N6/c10-4-2-1-3-6-7-8(11)12-5-13-9(7)15-14-6/h1,3,5H,2H2,(H3,11,12,13,14,15). The third-order valence-electron chi connectivity index (χ3n) is 1.90. The number of H-pyrrole nitrogens is 1. The molecule has 0 aromatic carbocycles. The van der Waals surface area contributed by atoms with Gasteiger partial charge in [-0.2, -0.15) is 10.4 Å². The van der Waals surface area contributed by atoms with Crippen molar-refractivity contribution in [2.75, 3.05) is 5.73 Å². The van der Waals surface area contributed by atoms with E-state index in [1.54, 1.807) is 12.2 Å². The van der Waals surface area contributed by atoms with E-state index in [0.717, 1.165) is 5.69 Å². The molecule has 0 aliphatic rings. The lowest BCUT2D eigenvalue weighted by molar-refractivity contribution is 1.08. The zero-order chi connectivity index (χ0) is 10.7. The van der Waals surface area contributed by atoms with Gasteiger partial charge in [-0.25, -0.2) is 9.97 Å². The van der Waals surface area contributed by atoms with Gasteiger partial charge < -0.3 is 5.73 Å². The maximum Gasteiger partial charge on any atom is 0.186 e. The number of fused-ring (bicyclic) bond motifs is 1. The maximum absolute atomic E-state index is 8.39. The lowest BCUT2D eigenvalue weighted by atomic mass is 10.2. The molecular weight excluding hydrogens is 192 g/mol. The molecule has 0 spiro atoms. The molecule has 0 saturated carbocycles. The van der Waals surface area contributed by atoms with Crippen LogP contribution in [0.5, 0.6) is 0 Å². The summed E-state index contributed by atoms with van der Waals surface area (Å²) in [5, 5.41) is 15.8. The molecule has 2 rings (SSSR count). The van der Waals surface area contributed by atoms with Gasteiger partial charge in [0.1, 0.15) is 12.1 Å². The molecule has 6 heteroatoms. The van der Waals surface area contributed by atoms with Gasteiger partial charge >= 0.3 is 0 Å². The van der Waals surface area contributed by atoms with Crippen molar-refractivity contribution < 1.29 is 0 Å². The summed E-state index contributed by atoms with van der Waals surface area (Å²) in [6.07, 6.45) is 5.17. The fraction of sp³-hybridized carbons (Fsp3) is 0.111. The van der Waals surface area contributed by atoms with Crippen molar-refractivity contribution in [3.05, 3.63) is 18.1 Å². The predicted molar refractivity (Wildman–Crippen MR) is 55.4 cm³/mol. The van der Waals surface area contributed by atoms with E-state index in [0.29, 0.717) is 23.3 Å². The quantitative estimate of drug-likeness (QED) is 0.748. The van der Waals surface area contributed by atoms with Gasteiger partial charge in [0.05, 0.1) is 23.6 Å². The highest BCUT2D eigenvalue weighted by atomic mass is 15.2. The molecule has 0 aliphatic carbocycles. The first kappa shape index (κ1) is 9.15. The molecule has 0 amide bonds. The van der Waals surface area contributed by atoms with Crippen LogP contribution in [-0.2, 0) is 0 Å². The van der Waals surface area contributed by atoms with E-state index in [1.165, 1.54) is 6.33 Å². The van der Waals surface area contributed by atoms with E-state index < -0.39 is 0 Å². The third kappa shape index (κ3) is 1.62. The molecule has 0 unspecified atom stereocenters. The summed E-state index contributed by atoms with van der Waals surface area (Å²) in [6, 6.07) is 2.01. The third-order valence-corrected chi connectivity index (χ3v) is 1.90. The fourth-order valence-corrected chi connectivity index (χ4v) is 1.25. The van der Waals surface area contributed by atoms with E-state index in [2.05, 4.69) is 20.2 Å². The minimum atomic E-state index is 0.341. The summed E-state index contributed by atoms with van der Waals surface area (Å²) in [5.41, 5.74) is 6.94. The Morgan fingerprint density at radius 1 is 1.53 bits per heavy atom. The van der Waals surface area contributed by atoms with Crippen LogP contribution in [0.2, 0.25) is 0 Å². The van der Waals surface area contributed by atoms with Gasteiger partial charge in [0.15, 0.2) is 5.65 Å². The van der Waals surface area contributed by atoms with Crippen molar-refractivity contribution in [3.8, 4) is 6.07 Å². The monoisotopic (exact) mass is 200 g/mol. The molecule has 15 heavy (non-hydrogen) atoms. The second kappa shape index (κ2) is 3.75. The van der Waals surface area contributed by atoms with Crippen molar-refractivity contribution in [1.29, 1.82) is 5.26 Å². The Morgan fingerprint density at radius 3 is 3.20 bits per heavy atom. The van der Waals surface area contributed by atoms with Gasteiger partial charge in [-0.1, -0.05) is 6.08 Å². The number of rotatable bonds is 2. The maximum atomic E-state index is 8.39. The van der Waals surface area contributed by atoms with Crippen LogP contribution in [0.3, 0.4) is 0 Å². The summed E-state index contributed by atoms with van der Waals surface area (Å²) in [4.78, 5) is 7.83. The summed E-state index contributed by atoms with van der Waals surface area (Å²) in [5.74, 6) is 0.380. The van der Waals surface area contributed by atoms with Crippen LogP contribution in [-0.4, -0.2) is 20.2 Å². The highest BCUT2D eigenvalue weighted by Crippen LogP contribution is 2.19. The second-order valence-electron chi connectivity index (χ2n) is 2.86. The number of nitriles is 1. The lowest BCUT2D eigenvalue weighted by Gasteiger charge is -1.93. The molecule has 2 aromatic heterocycles. The number of nitrogens with two attached hydrogens (primary N) is 1. The number of nitrogens with one attached hydrogen (secondary N) is 1. The molecule has 0 aliphatic heterocycles. The number of aromatic amines is 1. The molecule has 3 N–H and O–H groups in total. The zero-order valence-corrected chi connectivity index (χ0v) is 7.81. The molecular formula is C9H8N6. The molecule has 0 bridgehead atoms. The Morgan fingerprint density at radius 2 is 2.40 bits per heavy atom. The molecule has 2 aromatic rings. The van der Waals surface area contributed by atoms with Crippen molar-refractivity contribution >= 4 is 22.9 Å². The normalized spacial score (nSPS) is 10.9. The number of aromatic nitrogens is 4. The number of nitrogens with zero attached hydrogens (tertiary/aromatic N) is 4. The molecule has 6 nitrogen and oxygen atoms in total. The van der Waals surface area contributed by atoms with Crippen LogP contribution < -0.4 is 5.73 Å². The summed E-state index contributed by atoms with van der Waals surface area (Å²) >= 11 is 0. The highest BCUT2D eigenvalue weighted by molar-refractivity contribution is 5.92. The topological polar surface area (TPSA) is 104 Å². The van der Waals surface area contributed by atoms with E-state index in [9.17, 15) is 0 Å². The highest BCUT2D eigenvalue weighted by Gasteiger charge is 2.07. The number of hydrogen-bond donors (Lipinski definition) is 2. The van der Waals surface area contributed by atoms with Gasteiger partial charge in [0, 0.05) is 0 Å². The summed E-state index contributed by atoms with van der Waals surface area (Å²) in [6.45, 7) is 0. The minimum absolute atomic E-state index is 0.341. The summed E-state index contributed by atoms with van der Waals surface area (Å²) in [7, 11) is 0. The van der Waals surface area contributed by atoms with E-state index in [-0.39, 0.29) is 0 Å². The van der Waals surface area contributed by atoms with Crippen molar-refractivity contribution in [1.82, 2.24) is 20.2 Å². The van der Waals surface area contributed by atoms with Crippen LogP contribution in [0.25, 0.3) is 17.1 Å². The molecule has 0 saturated heterocycles. The first-order chi connectivity index (χ1) is 7.33. The minimum Gasteiger partial charge on any atom is -0.383 e. The number of allylic oxidation sites excluding steroid dienone is 1. The van der Waals surface area contributed by atoms with Crippen LogP contribution >= 0.6 is 0 Å². The smallest absolute Gasteiger partial charge is 0.186 e. The van der Waals surface area contributed by atoms with Crippen LogP contribution in [0.15, 0.2) is 12.4 Å². The number of anilines is 1. The molecule has 2 heterocycles. The average molecular weight is 200 g/mol. The Bertz CT molecular complexity index is 547. The Labute approximate surface area is 85.5 Å². The van der Waals surface area contributed by atoms with E-state index in [1.807, 2.05) is 6.07 Å². The van der Waals surface area contributed by atoms with Gasteiger partial charge in [-0.05, 0) is 6.08 Å². The largest absolute Gasteiger partial charge is 0.383 e. The van der Waals surface area contributed by atoms with Gasteiger partial charge in [0.25, 0.3) is 0 Å². The Kier molecular flexibility index (Phi) is 2.29. The molecule has 0 radical (unpaired) electrons. The van der Waals surface area contributed by atoms with Gasteiger partial charge in [-0.15, -0.1) is 0 Å². The Balaban J connectivity index is 2.49. The first-order valence-corrected chi connectivity index (χ1v) is 4.31. The number of nitrogen functional groups attached to an aromatic ring is 1.